The van der Waals surface area contributed by atoms with Crippen molar-refractivity contribution in [3.8, 4) is 17.2 Å². The van der Waals surface area contributed by atoms with E-state index in [1.54, 1.807) is 7.11 Å². The molecule has 2 heterocycles. The van der Waals surface area contributed by atoms with Crippen LogP contribution in [0.2, 0.25) is 0 Å². The largest absolute Gasteiger partial charge is 0.497 e. The van der Waals surface area contributed by atoms with Gasteiger partial charge in [0.05, 0.1) is 7.11 Å². The second kappa shape index (κ2) is 4.42. The Morgan fingerprint density at radius 2 is 2.06 bits per heavy atom. The average molecular weight is 305 g/mol. The third kappa shape index (κ3) is 1.97. The molecule has 3 aromatic rings. The van der Waals surface area contributed by atoms with E-state index in [4.69, 9.17) is 9.15 Å². The molecule has 4 nitrogen and oxygen atoms in total. The number of benzene rings is 1. The van der Waals surface area contributed by atoms with E-state index in [1.165, 1.54) is 0 Å². The second-order valence-electron chi connectivity index (χ2n) is 3.71. The molecule has 5 heteroatoms. The number of ether oxygens (including phenoxy) is 1. The van der Waals surface area contributed by atoms with E-state index in [2.05, 4.69) is 25.9 Å². The van der Waals surface area contributed by atoms with Crippen LogP contribution >= 0.6 is 15.9 Å². The summed E-state index contributed by atoms with van der Waals surface area (Å²) in [6, 6.07) is 11.2. The summed E-state index contributed by atoms with van der Waals surface area (Å²) in [6.45, 7) is 0. The third-order valence-corrected chi connectivity index (χ3v) is 2.98. The Morgan fingerprint density at radius 1 is 1.17 bits per heavy atom. The fraction of sp³-hybridized carbons (Fsp3) is 0.0769. The van der Waals surface area contributed by atoms with Gasteiger partial charge < -0.3 is 9.15 Å². The highest BCUT2D eigenvalue weighted by Crippen LogP contribution is 2.26. The first-order chi connectivity index (χ1) is 8.76. The fourth-order valence-electron chi connectivity index (χ4n) is 1.68. The van der Waals surface area contributed by atoms with Crippen molar-refractivity contribution in [1.29, 1.82) is 0 Å². The zero-order valence-electron chi connectivity index (χ0n) is 9.55. The fourth-order valence-corrected chi connectivity index (χ4v) is 1.98. The van der Waals surface area contributed by atoms with Gasteiger partial charge in [-0.1, -0.05) is 6.07 Å². The van der Waals surface area contributed by atoms with Crippen molar-refractivity contribution in [2.75, 3.05) is 7.11 Å². The van der Waals surface area contributed by atoms with Gasteiger partial charge in [0.1, 0.15) is 10.4 Å². The monoisotopic (exact) mass is 304 g/mol. The van der Waals surface area contributed by atoms with Crippen molar-refractivity contribution < 1.29 is 9.15 Å². The van der Waals surface area contributed by atoms with Crippen molar-refractivity contribution in [3.63, 3.8) is 0 Å². The van der Waals surface area contributed by atoms with Gasteiger partial charge in [0.15, 0.2) is 11.2 Å². The Hall–Kier alpha value is -1.88. The predicted octanol–water partition coefficient (Wildman–Crippen LogP) is 3.66. The molecule has 0 radical (unpaired) electrons. The lowest BCUT2D eigenvalue weighted by Crippen LogP contribution is -1.83. The van der Waals surface area contributed by atoms with Gasteiger partial charge in [0.2, 0.25) is 5.89 Å². The minimum absolute atomic E-state index is 0.537. The molecule has 0 aliphatic heterocycles. The van der Waals surface area contributed by atoms with E-state index in [0.717, 1.165) is 15.9 Å². The van der Waals surface area contributed by atoms with E-state index in [9.17, 15) is 0 Å². The first kappa shape index (κ1) is 11.2. The number of hydrogen-bond acceptors (Lipinski definition) is 4. The zero-order chi connectivity index (χ0) is 12.5. The van der Waals surface area contributed by atoms with Crippen LogP contribution in [0.1, 0.15) is 0 Å². The Labute approximate surface area is 112 Å². The molecule has 0 unspecified atom stereocenters. The maximum Gasteiger partial charge on any atom is 0.229 e. The first-order valence-corrected chi connectivity index (χ1v) is 6.13. The van der Waals surface area contributed by atoms with Crippen LogP contribution in [0.25, 0.3) is 22.7 Å². The molecule has 0 spiro atoms. The molecule has 1 aromatic carbocycles. The molecule has 0 aliphatic rings. The quantitative estimate of drug-likeness (QED) is 0.678. The van der Waals surface area contributed by atoms with Gasteiger partial charge in [0, 0.05) is 5.56 Å². The van der Waals surface area contributed by atoms with Gasteiger partial charge in [-0.25, -0.2) is 4.98 Å². The molecule has 18 heavy (non-hydrogen) atoms. The lowest BCUT2D eigenvalue weighted by atomic mass is 10.2. The number of aromatic nitrogens is 2. The first-order valence-electron chi connectivity index (χ1n) is 5.34. The Bertz CT molecular complexity index is 709. The van der Waals surface area contributed by atoms with Crippen LogP contribution in [0, 0.1) is 0 Å². The summed E-state index contributed by atoms with van der Waals surface area (Å²) in [5.41, 5.74) is 2.11. The topological polar surface area (TPSA) is 48.2 Å². The predicted molar refractivity (Wildman–Crippen MR) is 71.5 cm³/mol. The minimum Gasteiger partial charge on any atom is -0.497 e. The van der Waals surface area contributed by atoms with Crippen LogP contribution in [-0.4, -0.2) is 17.1 Å². The number of pyridine rings is 1. The highest BCUT2D eigenvalue weighted by Gasteiger charge is 2.10. The van der Waals surface area contributed by atoms with Crippen molar-refractivity contribution in [2.45, 2.75) is 0 Å². The number of nitrogens with zero attached hydrogens (tertiary/aromatic N) is 2. The summed E-state index contributed by atoms with van der Waals surface area (Å²) in [5.74, 6) is 1.30. The average Bonchev–Trinajstić information content (AvgIpc) is 2.81. The summed E-state index contributed by atoms with van der Waals surface area (Å²) in [6.07, 6.45) is 0. The Morgan fingerprint density at radius 3 is 2.89 bits per heavy atom. The van der Waals surface area contributed by atoms with E-state index < -0.39 is 0 Å². The molecule has 0 N–H and O–H groups in total. The van der Waals surface area contributed by atoms with Gasteiger partial charge >= 0.3 is 0 Å². The van der Waals surface area contributed by atoms with Gasteiger partial charge in [-0.15, -0.1) is 0 Å². The van der Waals surface area contributed by atoms with Gasteiger partial charge in [-0.2, -0.15) is 4.98 Å². The van der Waals surface area contributed by atoms with Crippen LogP contribution in [0.15, 0.2) is 45.4 Å². The van der Waals surface area contributed by atoms with E-state index in [1.807, 2.05) is 36.4 Å². The van der Waals surface area contributed by atoms with E-state index >= 15 is 0 Å². The number of hydrogen-bond donors (Lipinski definition) is 0. The van der Waals surface area contributed by atoms with Gasteiger partial charge in [0.25, 0.3) is 0 Å². The van der Waals surface area contributed by atoms with Gasteiger partial charge in [-0.05, 0) is 46.3 Å². The summed E-state index contributed by atoms with van der Waals surface area (Å²) < 4.78 is 11.6. The molecule has 0 fully saturated rings. The summed E-state index contributed by atoms with van der Waals surface area (Å²) >= 11 is 3.31. The second-order valence-corrected chi connectivity index (χ2v) is 4.52. The molecule has 0 amide bonds. The number of fused-ring (bicyclic) bond motifs is 1. The standard InChI is InChI=1S/C13H9BrN2O2/c1-17-9-4-2-3-8(7-9)13-16-12-10(18-13)5-6-11(14)15-12/h2-7H,1H3. The van der Waals surface area contributed by atoms with Crippen LogP contribution < -0.4 is 4.74 Å². The van der Waals surface area contributed by atoms with Crippen LogP contribution in [-0.2, 0) is 0 Å². The molecule has 0 saturated heterocycles. The maximum absolute atomic E-state index is 5.66. The molecule has 3 rings (SSSR count). The van der Waals surface area contributed by atoms with Crippen LogP contribution in [0.3, 0.4) is 0 Å². The molecule has 0 bridgehead atoms. The van der Waals surface area contributed by atoms with Crippen molar-refractivity contribution in [3.05, 3.63) is 41.0 Å². The Balaban J connectivity index is 2.13. The highest BCUT2D eigenvalue weighted by atomic mass is 79.9. The van der Waals surface area contributed by atoms with E-state index in [0.29, 0.717) is 17.1 Å². The van der Waals surface area contributed by atoms with Crippen molar-refractivity contribution in [2.24, 2.45) is 0 Å². The molecular weight excluding hydrogens is 296 g/mol. The normalized spacial score (nSPS) is 10.8. The smallest absolute Gasteiger partial charge is 0.229 e. The highest BCUT2D eigenvalue weighted by molar-refractivity contribution is 9.10. The van der Waals surface area contributed by atoms with Gasteiger partial charge in [-0.3, -0.25) is 0 Å². The SMILES string of the molecule is COc1cccc(-c2nc3nc(Br)ccc3o2)c1. The molecule has 0 aliphatic carbocycles. The van der Waals surface area contributed by atoms with Crippen molar-refractivity contribution >= 4 is 27.2 Å². The van der Waals surface area contributed by atoms with E-state index in [-0.39, 0.29) is 0 Å². The molecule has 0 atom stereocenters. The lowest BCUT2D eigenvalue weighted by molar-refractivity contribution is 0.415. The zero-order valence-corrected chi connectivity index (χ0v) is 11.1. The summed E-state index contributed by atoms with van der Waals surface area (Å²) in [5, 5.41) is 0. The summed E-state index contributed by atoms with van der Waals surface area (Å²) in [7, 11) is 1.63. The molecule has 2 aromatic heterocycles. The minimum atomic E-state index is 0.537. The number of methoxy groups -OCH3 is 1. The third-order valence-electron chi connectivity index (χ3n) is 2.54. The summed E-state index contributed by atoms with van der Waals surface area (Å²) in [4.78, 5) is 8.60. The molecule has 0 saturated carbocycles. The van der Waals surface area contributed by atoms with Crippen LogP contribution in [0.5, 0.6) is 5.75 Å². The maximum atomic E-state index is 5.66. The molecule has 90 valence electrons. The lowest BCUT2D eigenvalue weighted by Gasteiger charge is -2.00. The van der Waals surface area contributed by atoms with Crippen molar-refractivity contribution in [1.82, 2.24) is 9.97 Å². The number of halogens is 1. The Kier molecular flexibility index (Phi) is 2.76. The number of oxazole rings is 1. The van der Waals surface area contributed by atoms with Crippen LogP contribution in [0.4, 0.5) is 0 Å². The number of rotatable bonds is 2. The molecular formula is C13H9BrN2O2.